The Bertz CT molecular complexity index is 188. The zero-order valence-corrected chi connectivity index (χ0v) is 9.71. The van der Waals surface area contributed by atoms with Gasteiger partial charge >= 0.3 is 5.97 Å². The Kier molecular flexibility index (Phi) is 5.69. The van der Waals surface area contributed by atoms with Crippen LogP contribution >= 0.6 is 0 Å². The molecule has 3 nitrogen and oxygen atoms in total. The molecule has 2 N–H and O–H groups in total. The van der Waals surface area contributed by atoms with Crippen molar-refractivity contribution in [3.8, 4) is 0 Å². The first kappa shape index (κ1) is 12.5. The Morgan fingerprint density at radius 2 is 2.27 bits per heavy atom. The van der Waals surface area contributed by atoms with Gasteiger partial charge in [0.25, 0.3) is 0 Å². The number of carbonyl (C=O) groups is 1. The highest BCUT2D eigenvalue weighted by molar-refractivity contribution is 5.69. The van der Waals surface area contributed by atoms with E-state index in [0.29, 0.717) is 13.0 Å². The van der Waals surface area contributed by atoms with E-state index in [2.05, 4.69) is 0 Å². The molecule has 3 heteroatoms. The lowest BCUT2D eigenvalue weighted by Gasteiger charge is -2.24. The maximum absolute atomic E-state index is 11.2. The van der Waals surface area contributed by atoms with Gasteiger partial charge in [0.1, 0.15) is 0 Å². The first-order valence-corrected chi connectivity index (χ1v) is 6.09. The zero-order valence-electron chi connectivity index (χ0n) is 9.71. The van der Waals surface area contributed by atoms with E-state index in [0.717, 1.165) is 25.2 Å². The van der Waals surface area contributed by atoms with Gasteiger partial charge in [-0.15, -0.1) is 0 Å². The Hall–Kier alpha value is -0.570. The number of ether oxygens (including phenoxy) is 1. The molecule has 88 valence electrons. The quantitative estimate of drug-likeness (QED) is 0.660. The molecule has 1 atom stereocenters. The number of nitrogens with two attached hydrogens (primary N) is 1. The summed E-state index contributed by atoms with van der Waals surface area (Å²) in [5.74, 6) is 0.761. The largest absolute Gasteiger partial charge is 0.466 e. The van der Waals surface area contributed by atoms with Crippen molar-refractivity contribution in [3.63, 3.8) is 0 Å². The van der Waals surface area contributed by atoms with Crippen LogP contribution in [-0.4, -0.2) is 18.6 Å². The molecule has 0 spiro atoms. The van der Waals surface area contributed by atoms with Crippen LogP contribution < -0.4 is 5.73 Å². The van der Waals surface area contributed by atoms with E-state index in [9.17, 15) is 4.79 Å². The van der Waals surface area contributed by atoms with Crippen LogP contribution in [0.5, 0.6) is 0 Å². The smallest absolute Gasteiger partial charge is 0.305 e. The minimum atomic E-state index is -0.0602. The first-order valence-electron chi connectivity index (χ1n) is 6.09. The number of esters is 1. The van der Waals surface area contributed by atoms with E-state index in [-0.39, 0.29) is 12.0 Å². The standard InChI is InChI=1S/C12H23NO2/c1-10(13)4-2-7-12(14)15-9-8-11-5-3-6-11/h10-11H,2-9,13H2,1H3. The number of hydrogen-bond acceptors (Lipinski definition) is 3. The predicted molar refractivity (Wildman–Crippen MR) is 60.4 cm³/mol. The lowest BCUT2D eigenvalue weighted by atomic mass is 9.83. The van der Waals surface area contributed by atoms with Crippen LogP contribution in [0.2, 0.25) is 0 Å². The Balaban J connectivity index is 1.88. The second-order valence-electron chi connectivity index (χ2n) is 4.68. The average molecular weight is 213 g/mol. The molecule has 1 unspecified atom stereocenters. The molecule has 0 aliphatic heterocycles. The fraction of sp³-hybridized carbons (Fsp3) is 0.917. The van der Waals surface area contributed by atoms with Crippen LogP contribution in [0.1, 0.15) is 51.9 Å². The Morgan fingerprint density at radius 1 is 1.53 bits per heavy atom. The highest BCUT2D eigenvalue weighted by Gasteiger charge is 2.17. The molecule has 0 heterocycles. The van der Waals surface area contributed by atoms with Crippen molar-refractivity contribution in [1.82, 2.24) is 0 Å². The summed E-state index contributed by atoms with van der Waals surface area (Å²) >= 11 is 0. The maximum atomic E-state index is 11.2. The molecule has 1 aliphatic carbocycles. The summed E-state index contributed by atoms with van der Waals surface area (Å²) in [6.45, 7) is 2.57. The van der Waals surface area contributed by atoms with Gasteiger partial charge in [-0.2, -0.15) is 0 Å². The van der Waals surface area contributed by atoms with Gasteiger partial charge in [0.15, 0.2) is 0 Å². The van der Waals surface area contributed by atoms with E-state index in [1.165, 1.54) is 19.3 Å². The molecule has 0 aromatic heterocycles. The molecular formula is C12H23NO2. The van der Waals surface area contributed by atoms with Crippen molar-refractivity contribution in [1.29, 1.82) is 0 Å². The van der Waals surface area contributed by atoms with Crippen molar-refractivity contribution in [3.05, 3.63) is 0 Å². The van der Waals surface area contributed by atoms with Crippen molar-refractivity contribution in [2.75, 3.05) is 6.61 Å². The summed E-state index contributed by atoms with van der Waals surface area (Å²) < 4.78 is 5.15. The van der Waals surface area contributed by atoms with E-state index in [1.54, 1.807) is 0 Å². The Morgan fingerprint density at radius 3 is 2.80 bits per heavy atom. The van der Waals surface area contributed by atoms with E-state index < -0.39 is 0 Å². The normalized spacial score (nSPS) is 18.3. The van der Waals surface area contributed by atoms with E-state index in [4.69, 9.17) is 10.5 Å². The maximum Gasteiger partial charge on any atom is 0.305 e. The van der Waals surface area contributed by atoms with Crippen LogP contribution in [0.15, 0.2) is 0 Å². The summed E-state index contributed by atoms with van der Waals surface area (Å²) in [7, 11) is 0. The lowest BCUT2D eigenvalue weighted by molar-refractivity contribution is -0.144. The molecule has 1 rings (SSSR count). The van der Waals surface area contributed by atoms with Gasteiger partial charge in [-0.1, -0.05) is 19.3 Å². The van der Waals surface area contributed by atoms with Gasteiger partial charge in [-0.25, -0.2) is 0 Å². The topological polar surface area (TPSA) is 52.3 Å². The molecule has 0 amide bonds. The van der Waals surface area contributed by atoms with Crippen LogP contribution in [-0.2, 0) is 9.53 Å². The minimum absolute atomic E-state index is 0.0602. The van der Waals surface area contributed by atoms with Crippen molar-refractivity contribution in [2.45, 2.75) is 57.9 Å². The minimum Gasteiger partial charge on any atom is -0.466 e. The van der Waals surface area contributed by atoms with Gasteiger partial charge in [-0.05, 0) is 32.1 Å². The van der Waals surface area contributed by atoms with Crippen molar-refractivity contribution >= 4 is 5.97 Å². The molecule has 0 aromatic carbocycles. The second-order valence-corrected chi connectivity index (χ2v) is 4.68. The SMILES string of the molecule is CC(N)CCCC(=O)OCCC1CCC1. The Labute approximate surface area is 92.4 Å². The second kappa shape index (κ2) is 6.83. The van der Waals surface area contributed by atoms with Gasteiger partial charge in [0.2, 0.25) is 0 Å². The van der Waals surface area contributed by atoms with Crippen LogP contribution in [0, 0.1) is 5.92 Å². The molecular weight excluding hydrogens is 190 g/mol. The van der Waals surface area contributed by atoms with E-state index >= 15 is 0 Å². The van der Waals surface area contributed by atoms with Crippen LogP contribution in [0.25, 0.3) is 0 Å². The summed E-state index contributed by atoms with van der Waals surface area (Å²) in [5, 5.41) is 0. The van der Waals surface area contributed by atoms with Crippen molar-refractivity contribution < 1.29 is 9.53 Å². The summed E-state index contributed by atoms with van der Waals surface area (Å²) in [6, 6.07) is 0.188. The highest BCUT2D eigenvalue weighted by Crippen LogP contribution is 2.29. The lowest BCUT2D eigenvalue weighted by Crippen LogP contribution is -2.17. The number of rotatable bonds is 7. The van der Waals surface area contributed by atoms with Gasteiger partial charge < -0.3 is 10.5 Å². The molecule has 15 heavy (non-hydrogen) atoms. The molecule has 0 aromatic rings. The van der Waals surface area contributed by atoms with Crippen LogP contribution in [0.4, 0.5) is 0 Å². The number of hydrogen-bond donors (Lipinski definition) is 1. The van der Waals surface area contributed by atoms with Gasteiger partial charge in [0.05, 0.1) is 6.61 Å². The summed E-state index contributed by atoms with van der Waals surface area (Å²) in [5.41, 5.74) is 5.59. The third-order valence-electron chi connectivity index (χ3n) is 3.05. The third-order valence-corrected chi connectivity index (χ3v) is 3.05. The van der Waals surface area contributed by atoms with Gasteiger partial charge in [0, 0.05) is 12.5 Å². The molecule has 0 bridgehead atoms. The number of carbonyl (C=O) groups excluding carboxylic acids is 1. The first-order chi connectivity index (χ1) is 7.18. The molecule has 1 saturated carbocycles. The fourth-order valence-electron chi connectivity index (χ4n) is 1.76. The molecule has 0 saturated heterocycles. The summed E-state index contributed by atoms with van der Waals surface area (Å²) in [6.07, 6.45) is 7.32. The molecule has 1 fully saturated rings. The molecule has 1 aliphatic rings. The monoisotopic (exact) mass is 213 g/mol. The highest BCUT2D eigenvalue weighted by atomic mass is 16.5. The van der Waals surface area contributed by atoms with Gasteiger partial charge in [-0.3, -0.25) is 4.79 Å². The third kappa shape index (κ3) is 5.78. The fourth-order valence-corrected chi connectivity index (χ4v) is 1.76. The molecule has 0 radical (unpaired) electrons. The predicted octanol–water partition coefficient (Wildman–Crippen LogP) is 2.24. The van der Waals surface area contributed by atoms with Crippen molar-refractivity contribution in [2.24, 2.45) is 11.7 Å². The summed E-state index contributed by atoms with van der Waals surface area (Å²) in [4.78, 5) is 11.2. The average Bonchev–Trinajstić information content (AvgIpc) is 2.08. The van der Waals surface area contributed by atoms with E-state index in [1.807, 2.05) is 6.92 Å². The zero-order chi connectivity index (χ0) is 11.1. The van der Waals surface area contributed by atoms with Crippen LogP contribution in [0.3, 0.4) is 0 Å².